The summed E-state index contributed by atoms with van der Waals surface area (Å²) in [6.45, 7) is 2.51. The summed E-state index contributed by atoms with van der Waals surface area (Å²) in [5.41, 5.74) is 22.2. The van der Waals surface area contributed by atoms with E-state index in [4.69, 9.17) is 22.9 Å². The lowest BCUT2D eigenvalue weighted by atomic mass is 10.0. The van der Waals surface area contributed by atoms with Gasteiger partial charge in [0.2, 0.25) is 29.5 Å². The molecule has 18 nitrogen and oxygen atoms in total. The van der Waals surface area contributed by atoms with Gasteiger partial charge in [-0.2, -0.15) is 0 Å². The summed E-state index contributed by atoms with van der Waals surface area (Å²) < 4.78 is 0. The smallest absolute Gasteiger partial charge is 0.326 e. The minimum atomic E-state index is -1.63. The summed E-state index contributed by atoms with van der Waals surface area (Å²) in [7, 11) is 0. The van der Waals surface area contributed by atoms with Gasteiger partial charge >= 0.3 is 5.97 Å². The number of nitrogens with two attached hydrogens (primary N) is 4. The van der Waals surface area contributed by atoms with E-state index in [1.165, 1.54) is 24.3 Å². The Morgan fingerprint density at radius 3 is 1.78 bits per heavy atom. The van der Waals surface area contributed by atoms with Gasteiger partial charge in [-0.25, -0.2) is 4.79 Å². The van der Waals surface area contributed by atoms with Crippen LogP contribution in [0.1, 0.15) is 45.1 Å². The van der Waals surface area contributed by atoms with Crippen LogP contribution in [0, 0.1) is 5.92 Å². The molecule has 0 unspecified atom stereocenters. The third-order valence-electron chi connectivity index (χ3n) is 6.72. The van der Waals surface area contributed by atoms with Crippen molar-refractivity contribution < 1.29 is 44.1 Å². The zero-order chi connectivity index (χ0) is 35.0. The molecule has 0 saturated heterocycles. The highest BCUT2D eigenvalue weighted by Gasteiger charge is 2.32. The fourth-order valence-corrected chi connectivity index (χ4v) is 3.98. The second kappa shape index (κ2) is 19.4. The van der Waals surface area contributed by atoms with Crippen molar-refractivity contribution in [2.45, 2.75) is 76.2 Å². The van der Waals surface area contributed by atoms with Crippen molar-refractivity contribution in [1.82, 2.24) is 21.3 Å². The highest BCUT2D eigenvalue weighted by Crippen LogP contribution is 2.12. The molecule has 0 fully saturated rings. The molecule has 0 aliphatic carbocycles. The van der Waals surface area contributed by atoms with Crippen LogP contribution < -0.4 is 44.2 Å². The van der Waals surface area contributed by atoms with Gasteiger partial charge in [-0.05, 0) is 42.9 Å². The first-order valence-corrected chi connectivity index (χ1v) is 14.5. The summed E-state index contributed by atoms with van der Waals surface area (Å²) in [4.78, 5) is 79.0. The lowest BCUT2D eigenvalue weighted by molar-refractivity contribution is -0.142. The van der Waals surface area contributed by atoms with Gasteiger partial charge in [0.1, 0.15) is 29.9 Å². The van der Waals surface area contributed by atoms with Gasteiger partial charge in [-0.15, -0.1) is 0 Å². The number of nitrogens with zero attached hydrogens (tertiary/aromatic N) is 1. The molecule has 15 N–H and O–H groups in total. The Bertz CT molecular complexity index is 1240. The van der Waals surface area contributed by atoms with Crippen molar-refractivity contribution in [3.05, 3.63) is 29.8 Å². The molecule has 18 heteroatoms. The van der Waals surface area contributed by atoms with Gasteiger partial charge in [0, 0.05) is 19.4 Å². The molecule has 0 spiro atoms. The van der Waals surface area contributed by atoms with Crippen molar-refractivity contribution in [3.63, 3.8) is 0 Å². The van der Waals surface area contributed by atoms with E-state index in [1.807, 2.05) is 0 Å². The van der Waals surface area contributed by atoms with E-state index in [9.17, 15) is 44.1 Å². The van der Waals surface area contributed by atoms with Crippen LogP contribution >= 0.6 is 0 Å². The Hall–Kier alpha value is -4.97. The number of primary amides is 1. The largest absolute Gasteiger partial charge is 0.508 e. The van der Waals surface area contributed by atoms with Crippen molar-refractivity contribution in [3.8, 4) is 5.75 Å². The van der Waals surface area contributed by atoms with Gasteiger partial charge in [-0.3, -0.25) is 29.0 Å². The first-order chi connectivity index (χ1) is 21.5. The molecule has 1 aromatic carbocycles. The summed E-state index contributed by atoms with van der Waals surface area (Å²) >= 11 is 0. The van der Waals surface area contributed by atoms with Crippen LogP contribution in [0.4, 0.5) is 0 Å². The molecule has 0 aliphatic heterocycles. The number of aliphatic hydroxyl groups excluding tert-OH is 1. The molecule has 0 radical (unpaired) electrons. The summed E-state index contributed by atoms with van der Waals surface area (Å²) in [6, 6.07) is -1.06. The van der Waals surface area contributed by atoms with Crippen molar-refractivity contribution in [2.75, 3.05) is 13.2 Å². The predicted octanol–water partition coefficient (Wildman–Crippen LogP) is -3.75. The Labute approximate surface area is 265 Å². The first kappa shape index (κ1) is 39.1. The second-order valence-corrected chi connectivity index (χ2v) is 10.9. The SMILES string of the molecule is CC(C)[C@H](N)C(=O)N[C@@H](CCC(N)=O)C(=O)N[C@@H](CO)C(=O)N[C@@H](CCCN=C(N)N)C(=O)N[C@@H](Cc1ccc(O)cc1)C(=O)O. The molecule has 5 amide bonds. The topological polar surface area (TPSA) is 328 Å². The van der Waals surface area contributed by atoms with Crippen LogP contribution in [0.15, 0.2) is 29.3 Å². The van der Waals surface area contributed by atoms with Crippen LogP contribution in [0.25, 0.3) is 0 Å². The lowest BCUT2D eigenvalue weighted by Crippen LogP contribution is -2.59. The number of nitrogens with one attached hydrogen (secondary N) is 4. The minimum absolute atomic E-state index is 0.0329. The molecule has 46 heavy (non-hydrogen) atoms. The number of carbonyl (C=O) groups is 6. The maximum Gasteiger partial charge on any atom is 0.326 e. The monoisotopic (exact) mass is 651 g/mol. The average Bonchev–Trinajstić information content (AvgIpc) is 2.98. The average molecular weight is 652 g/mol. The van der Waals surface area contributed by atoms with Crippen LogP contribution in [0.3, 0.4) is 0 Å². The number of aromatic hydroxyl groups is 1. The van der Waals surface area contributed by atoms with Crippen LogP contribution in [0.2, 0.25) is 0 Å². The zero-order valence-electron chi connectivity index (χ0n) is 25.8. The summed E-state index contributed by atoms with van der Waals surface area (Å²) in [5.74, 6) is -6.17. The molecular weight excluding hydrogens is 606 g/mol. The van der Waals surface area contributed by atoms with Gasteiger partial charge < -0.3 is 59.5 Å². The highest BCUT2D eigenvalue weighted by atomic mass is 16.4. The van der Waals surface area contributed by atoms with E-state index in [0.717, 1.165) is 0 Å². The number of amides is 5. The van der Waals surface area contributed by atoms with Gasteiger partial charge in [-0.1, -0.05) is 26.0 Å². The molecular formula is C28H45N9O9. The lowest BCUT2D eigenvalue weighted by Gasteiger charge is -2.26. The number of phenolic OH excluding ortho intramolecular Hbond substituents is 1. The van der Waals surface area contributed by atoms with Crippen molar-refractivity contribution in [2.24, 2.45) is 33.8 Å². The fourth-order valence-electron chi connectivity index (χ4n) is 3.98. The Morgan fingerprint density at radius 2 is 1.28 bits per heavy atom. The van der Waals surface area contributed by atoms with E-state index in [-0.39, 0.29) is 56.3 Å². The number of carboxylic acid groups (broad SMARTS) is 1. The number of carbonyl (C=O) groups excluding carboxylic acids is 5. The van der Waals surface area contributed by atoms with E-state index in [2.05, 4.69) is 26.3 Å². The molecule has 5 atom stereocenters. The third-order valence-corrected chi connectivity index (χ3v) is 6.72. The quantitative estimate of drug-likeness (QED) is 0.0368. The van der Waals surface area contributed by atoms with E-state index in [1.54, 1.807) is 13.8 Å². The number of hydrogen-bond donors (Lipinski definition) is 11. The molecule has 0 aromatic heterocycles. The van der Waals surface area contributed by atoms with E-state index in [0.29, 0.717) is 5.56 Å². The molecule has 0 bridgehead atoms. The Balaban J connectivity index is 3.12. The number of hydrogen-bond acceptors (Lipinski definition) is 10. The number of carboxylic acids is 1. The van der Waals surface area contributed by atoms with Crippen molar-refractivity contribution in [1.29, 1.82) is 0 Å². The number of rotatable bonds is 20. The fraction of sp³-hybridized carbons (Fsp3) is 0.536. The molecule has 1 rings (SSSR count). The number of phenols is 1. The van der Waals surface area contributed by atoms with E-state index < -0.39 is 72.3 Å². The second-order valence-electron chi connectivity index (χ2n) is 10.9. The zero-order valence-corrected chi connectivity index (χ0v) is 25.8. The predicted molar refractivity (Wildman–Crippen MR) is 165 cm³/mol. The van der Waals surface area contributed by atoms with Gasteiger partial charge in [0.15, 0.2) is 5.96 Å². The molecule has 0 saturated carbocycles. The highest BCUT2D eigenvalue weighted by molar-refractivity contribution is 5.95. The number of benzene rings is 1. The van der Waals surface area contributed by atoms with Crippen LogP contribution in [-0.4, -0.2) is 100 Å². The molecule has 0 aliphatic rings. The van der Waals surface area contributed by atoms with Crippen LogP contribution in [0.5, 0.6) is 5.75 Å². The van der Waals surface area contributed by atoms with Crippen LogP contribution in [-0.2, 0) is 35.2 Å². The molecule has 256 valence electrons. The number of guanidine groups is 1. The minimum Gasteiger partial charge on any atom is -0.508 e. The number of aliphatic carboxylic acids is 1. The first-order valence-electron chi connectivity index (χ1n) is 14.5. The maximum atomic E-state index is 13.2. The third kappa shape index (κ3) is 14.2. The van der Waals surface area contributed by atoms with Gasteiger partial charge in [0.25, 0.3) is 0 Å². The summed E-state index contributed by atoms with van der Waals surface area (Å²) in [5, 5.41) is 38.6. The van der Waals surface area contributed by atoms with Crippen molar-refractivity contribution >= 4 is 41.5 Å². The maximum absolute atomic E-state index is 13.2. The normalized spacial score (nSPS) is 14.1. The molecule has 1 aromatic rings. The van der Waals surface area contributed by atoms with Gasteiger partial charge in [0.05, 0.1) is 12.6 Å². The van der Waals surface area contributed by atoms with E-state index >= 15 is 0 Å². The number of aliphatic hydroxyl groups is 1. The number of aliphatic imine (C=N–C) groups is 1. The Kier molecular flexibility index (Phi) is 16.5. The Morgan fingerprint density at radius 1 is 0.783 bits per heavy atom. The molecule has 0 heterocycles. The standard InChI is InChI=1S/C28H45N9O9/c1-14(2)22(30)26(44)35-18(9-10-21(29)40)24(42)37-20(13-38)25(43)34-17(4-3-11-33-28(31)32)23(41)36-19(27(45)46)12-15-5-7-16(39)8-6-15/h5-8,14,17-20,22,38-39H,3-4,9-13,30H2,1-2H3,(H2,29,40)(H,34,43)(H,35,44)(H,36,41)(H,37,42)(H,45,46)(H4,31,32,33)/t17-,18-,19-,20-,22-/m0/s1. The summed E-state index contributed by atoms with van der Waals surface area (Å²) in [6.07, 6.45) is -0.580.